The first kappa shape index (κ1) is 15.9. The molecule has 7 heteroatoms. The van der Waals surface area contributed by atoms with E-state index in [0.29, 0.717) is 29.8 Å². The summed E-state index contributed by atoms with van der Waals surface area (Å²) in [5.74, 6) is 0.101. The number of pyridine rings is 1. The fraction of sp³-hybridized carbons (Fsp3) is 0.500. The van der Waals surface area contributed by atoms with Crippen molar-refractivity contribution in [3.8, 4) is 0 Å². The molecular formula is C14H19BrN4O2. The molecule has 1 aliphatic rings. The molecule has 2 rings (SSSR count). The standard InChI is InChI=1S/C14H19BrN4O2/c1-17(2)13(20)10-18-5-7-19(8-6-18)14(21)11-3-4-16-12(15)9-11/h3-4,9H,5-8,10H2,1-2H3. The smallest absolute Gasteiger partial charge is 0.254 e. The highest BCUT2D eigenvalue weighted by atomic mass is 79.9. The van der Waals surface area contributed by atoms with Gasteiger partial charge in [-0.15, -0.1) is 0 Å². The highest BCUT2D eigenvalue weighted by molar-refractivity contribution is 9.10. The zero-order valence-corrected chi connectivity index (χ0v) is 13.8. The van der Waals surface area contributed by atoms with E-state index in [0.717, 1.165) is 13.1 Å². The third-order valence-corrected chi connectivity index (χ3v) is 3.92. The Kier molecular flexibility index (Phi) is 5.30. The minimum absolute atomic E-state index is 0.0108. The Bertz CT molecular complexity index is 527. The van der Waals surface area contributed by atoms with Gasteiger partial charge in [-0.3, -0.25) is 14.5 Å². The van der Waals surface area contributed by atoms with Gasteiger partial charge in [0.1, 0.15) is 4.60 Å². The van der Waals surface area contributed by atoms with Gasteiger partial charge in [0, 0.05) is 52.0 Å². The van der Waals surface area contributed by atoms with Gasteiger partial charge in [0.25, 0.3) is 5.91 Å². The van der Waals surface area contributed by atoms with E-state index in [2.05, 4.69) is 25.8 Å². The van der Waals surface area contributed by atoms with Crippen molar-refractivity contribution in [3.05, 3.63) is 28.5 Å². The summed E-state index contributed by atoms with van der Waals surface area (Å²) in [5, 5.41) is 0. The van der Waals surface area contributed by atoms with Crippen LogP contribution >= 0.6 is 15.9 Å². The highest BCUT2D eigenvalue weighted by Gasteiger charge is 2.23. The lowest BCUT2D eigenvalue weighted by atomic mass is 10.2. The molecule has 0 spiro atoms. The molecule has 0 atom stereocenters. The Balaban J connectivity index is 1.89. The highest BCUT2D eigenvalue weighted by Crippen LogP contribution is 2.12. The molecule has 6 nitrogen and oxygen atoms in total. The molecule has 21 heavy (non-hydrogen) atoms. The monoisotopic (exact) mass is 354 g/mol. The SMILES string of the molecule is CN(C)C(=O)CN1CCN(C(=O)c2ccnc(Br)c2)CC1. The first-order valence-electron chi connectivity index (χ1n) is 6.80. The van der Waals surface area contributed by atoms with Crippen molar-refractivity contribution in [2.24, 2.45) is 0 Å². The zero-order valence-electron chi connectivity index (χ0n) is 12.3. The van der Waals surface area contributed by atoms with Gasteiger partial charge < -0.3 is 9.80 Å². The predicted molar refractivity (Wildman–Crippen MR) is 83.0 cm³/mol. The molecule has 0 saturated carbocycles. The van der Waals surface area contributed by atoms with E-state index >= 15 is 0 Å². The number of hydrogen-bond donors (Lipinski definition) is 0. The van der Waals surface area contributed by atoms with E-state index in [1.165, 1.54) is 0 Å². The van der Waals surface area contributed by atoms with Crippen LogP contribution in [0.2, 0.25) is 0 Å². The van der Waals surface area contributed by atoms with E-state index in [1.807, 2.05) is 4.90 Å². The Morgan fingerprint density at radius 1 is 1.29 bits per heavy atom. The molecule has 1 fully saturated rings. The molecule has 1 aromatic heterocycles. The summed E-state index contributed by atoms with van der Waals surface area (Å²) in [6.45, 7) is 3.13. The number of hydrogen-bond acceptors (Lipinski definition) is 4. The Hall–Kier alpha value is -1.47. The first-order chi connectivity index (χ1) is 9.97. The van der Waals surface area contributed by atoms with Crippen LogP contribution in [0.4, 0.5) is 0 Å². The second-order valence-electron chi connectivity index (χ2n) is 5.22. The molecule has 114 valence electrons. The second-order valence-corrected chi connectivity index (χ2v) is 6.04. The summed E-state index contributed by atoms with van der Waals surface area (Å²) in [4.78, 5) is 33.6. The van der Waals surface area contributed by atoms with Crippen LogP contribution in [-0.4, -0.2) is 78.3 Å². The number of halogens is 1. The van der Waals surface area contributed by atoms with Crippen molar-refractivity contribution in [2.75, 3.05) is 46.8 Å². The van der Waals surface area contributed by atoms with Crippen LogP contribution in [0.3, 0.4) is 0 Å². The van der Waals surface area contributed by atoms with Crippen LogP contribution in [0, 0.1) is 0 Å². The second kappa shape index (κ2) is 7.00. The zero-order chi connectivity index (χ0) is 15.4. The maximum atomic E-state index is 12.4. The van der Waals surface area contributed by atoms with Gasteiger partial charge in [0.05, 0.1) is 6.54 Å². The van der Waals surface area contributed by atoms with Gasteiger partial charge in [0.15, 0.2) is 0 Å². The average molecular weight is 355 g/mol. The number of aromatic nitrogens is 1. The number of amides is 2. The number of carbonyl (C=O) groups excluding carboxylic acids is 2. The van der Waals surface area contributed by atoms with E-state index < -0.39 is 0 Å². The van der Waals surface area contributed by atoms with E-state index in [4.69, 9.17) is 0 Å². The molecular weight excluding hydrogens is 336 g/mol. The minimum Gasteiger partial charge on any atom is -0.348 e. The molecule has 1 aliphatic heterocycles. The van der Waals surface area contributed by atoms with E-state index in [9.17, 15) is 9.59 Å². The summed E-state index contributed by atoms with van der Waals surface area (Å²) in [6.07, 6.45) is 1.61. The molecule has 0 radical (unpaired) electrons. The van der Waals surface area contributed by atoms with Gasteiger partial charge in [0.2, 0.25) is 5.91 Å². The summed E-state index contributed by atoms with van der Waals surface area (Å²) in [7, 11) is 3.51. The van der Waals surface area contributed by atoms with Gasteiger partial charge in [-0.2, -0.15) is 0 Å². The molecule has 0 aliphatic carbocycles. The largest absolute Gasteiger partial charge is 0.348 e. The first-order valence-corrected chi connectivity index (χ1v) is 7.60. The summed E-state index contributed by atoms with van der Waals surface area (Å²) < 4.78 is 0.656. The third kappa shape index (κ3) is 4.25. The van der Waals surface area contributed by atoms with Crippen LogP contribution in [0.5, 0.6) is 0 Å². The minimum atomic E-state index is 0.0108. The molecule has 0 N–H and O–H groups in total. The molecule has 1 saturated heterocycles. The van der Waals surface area contributed by atoms with Gasteiger partial charge in [-0.1, -0.05) is 0 Å². The van der Waals surface area contributed by atoms with Crippen molar-refractivity contribution in [1.29, 1.82) is 0 Å². The van der Waals surface area contributed by atoms with Crippen LogP contribution in [0.15, 0.2) is 22.9 Å². The van der Waals surface area contributed by atoms with Crippen LogP contribution in [0.1, 0.15) is 10.4 Å². The van der Waals surface area contributed by atoms with E-state index in [-0.39, 0.29) is 11.8 Å². The maximum Gasteiger partial charge on any atom is 0.254 e. The van der Waals surface area contributed by atoms with Crippen molar-refractivity contribution in [1.82, 2.24) is 19.7 Å². The van der Waals surface area contributed by atoms with Crippen LogP contribution in [-0.2, 0) is 4.79 Å². The lowest BCUT2D eigenvalue weighted by Gasteiger charge is -2.34. The molecule has 2 heterocycles. The van der Waals surface area contributed by atoms with Crippen LogP contribution in [0.25, 0.3) is 0 Å². The molecule has 0 aromatic carbocycles. The fourth-order valence-electron chi connectivity index (χ4n) is 2.16. The van der Waals surface area contributed by atoms with Crippen molar-refractivity contribution >= 4 is 27.7 Å². The van der Waals surface area contributed by atoms with Crippen molar-refractivity contribution in [2.45, 2.75) is 0 Å². The quantitative estimate of drug-likeness (QED) is 0.749. The summed E-state index contributed by atoms with van der Waals surface area (Å²) in [5.41, 5.74) is 0.634. The number of rotatable bonds is 3. The summed E-state index contributed by atoms with van der Waals surface area (Å²) in [6, 6.07) is 3.44. The molecule has 2 amide bonds. The number of carbonyl (C=O) groups is 2. The van der Waals surface area contributed by atoms with Gasteiger partial charge in [-0.25, -0.2) is 4.98 Å². The van der Waals surface area contributed by atoms with Gasteiger partial charge in [-0.05, 0) is 28.1 Å². The maximum absolute atomic E-state index is 12.4. The predicted octanol–water partition coefficient (Wildman–Crippen LogP) is 0.690. The Labute approximate surface area is 132 Å². The molecule has 1 aromatic rings. The molecule has 0 unspecified atom stereocenters. The lowest BCUT2D eigenvalue weighted by molar-refractivity contribution is -0.130. The number of nitrogens with zero attached hydrogens (tertiary/aromatic N) is 4. The van der Waals surface area contributed by atoms with Crippen molar-refractivity contribution < 1.29 is 9.59 Å². The average Bonchev–Trinajstić information content (AvgIpc) is 2.47. The lowest BCUT2D eigenvalue weighted by Crippen LogP contribution is -2.51. The Morgan fingerprint density at radius 2 is 1.95 bits per heavy atom. The number of likely N-dealkylation sites (N-methyl/N-ethyl adjacent to an activating group) is 1. The van der Waals surface area contributed by atoms with Crippen LogP contribution < -0.4 is 0 Å². The van der Waals surface area contributed by atoms with Crippen molar-refractivity contribution in [3.63, 3.8) is 0 Å². The molecule has 0 bridgehead atoms. The third-order valence-electron chi connectivity index (χ3n) is 3.49. The number of piperazine rings is 1. The van der Waals surface area contributed by atoms with E-state index in [1.54, 1.807) is 37.3 Å². The topological polar surface area (TPSA) is 56.8 Å². The van der Waals surface area contributed by atoms with Gasteiger partial charge >= 0.3 is 0 Å². The Morgan fingerprint density at radius 3 is 2.52 bits per heavy atom. The fourth-order valence-corrected chi connectivity index (χ4v) is 2.52. The summed E-state index contributed by atoms with van der Waals surface area (Å²) >= 11 is 3.27. The normalized spacial score (nSPS) is 15.9.